The van der Waals surface area contributed by atoms with Crippen LogP contribution in [-0.2, 0) is 16.0 Å². The average molecular weight is 378 g/mol. The van der Waals surface area contributed by atoms with Gasteiger partial charge in [-0.2, -0.15) is 0 Å². The minimum Gasteiger partial charge on any atom is -0.425 e. The maximum Gasteiger partial charge on any atom is 0.313 e. The lowest BCUT2D eigenvalue weighted by Crippen LogP contribution is -2.17. The van der Waals surface area contributed by atoms with Crippen molar-refractivity contribution in [2.45, 2.75) is 41.0 Å². The van der Waals surface area contributed by atoms with Crippen LogP contribution in [0.2, 0.25) is 0 Å². The summed E-state index contributed by atoms with van der Waals surface area (Å²) in [7, 11) is 0. The molecular formula is C24H26O4. The highest BCUT2D eigenvalue weighted by Crippen LogP contribution is 2.43. The number of hydrogen-bond donors (Lipinski definition) is 0. The van der Waals surface area contributed by atoms with Crippen molar-refractivity contribution in [1.82, 2.24) is 0 Å². The molecular weight excluding hydrogens is 352 g/mol. The predicted octanol–water partition coefficient (Wildman–Crippen LogP) is 5.68. The topological polar surface area (TPSA) is 52.6 Å². The maximum absolute atomic E-state index is 12.4. The monoisotopic (exact) mass is 378 g/mol. The molecule has 146 valence electrons. The molecule has 0 unspecified atom stereocenters. The van der Waals surface area contributed by atoms with Crippen LogP contribution in [0.15, 0.2) is 42.5 Å². The molecule has 4 heteroatoms. The zero-order valence-electron chi connectivity index (χ0n) is 17.0. The zero-order chi connectivity index (χ0) is 20.4. The molecule has 3 rings (SSSR count). The van der Waals surface area contributed by atoms with Crippen molar-refractivity contribution in [3.05, 3.63) is 48.0 Å². The van der Waals surface area contributed by atoms with Crippen molar-refractivity contribution in [3.8, 4) is 11.5 Å². The molecule has 3 aromatic carbocycles. The maximum atomic E-state index is 12.4. The van der Waals surface area contributed by atoms with Crippen molar-refractivity contribution < 1.29 is 19.1 Å². The SMILES string of the molecule is CCc1ccc2c(OC(=O)C(C)C)c3ccccc3c(OC(=O)C(C)C)c2c1. The Labute approximate surface area is 165 Å². The summed E-state index contributed by atoms with van der Waals surface area (Å²) in [6.07, 6.45) is 0.849. The molecule has 0 atom stereocenters. The Kier molecular flexibility index (Phi) is 5.68. The summed E-state index contributed by atoms with van der Waals surface area (Å²) in [5.41, 5.74) is 1.12. The normalized spacial score (nSPS) is 11.4. The van der Waals surface area contributed by atoms with Gasteiger partial charge in [0.15, 0.2) is 0 Å². The summed E-state index contributed by atoms with van der Waals surface area (Å²) in [6.45, 7) is 9.30. The van der Waals surface area contributed by atoms with E-state index in [1.807, 2.05) is 56.3 Å². The second-order valence-electron chi connectivity index (χ2n) is 7.59. The largest absolute Gasteiger partial charge is 0.425 e. The summed E-state index contributed by atoms with van der Waals surface area (Å²) in [5, 5.41) is 3.04. The Hall–Kier alpha value is -2.88. The second-order valence-corrected chi connectivity index (χ2v) is 7.59. The number of carbonyl (C=O) groups is 2. The number of rotatable bonds is 5. The third kappa shape index (κ3) is 3.72. The van der Waals surface area contributed by atoms with Crippen LogP contribution in [0.25, 0.3) is 21.5 Å². The third-order valence-corrected chi connectivity index (χ3v) is 4.75. The van der Waals surface area contributed by atoms with Gasteiger partial charge in [0.1, 0.15) is 11.5 Å². The van der Waals surface area contributed by atoms with E-state index in [-0.39, 0.29) is 23.8 Å². The van der Waals surface area contributed by atoms with E-state index >= 15 is 0 Å². The highest BCUT2D eigenvalue weighted by molar-refractivity contribution is 6.13. The Balaban J connectivity index is 2.36. The van der Waals surface area contributed by atoms with E-state index < -0.39 is 0 Å². The van der Waals surface area contributed by atoms with Gasteiger partial charge >= 0.3 is 11.9 Å². The number of aryl methyl sites for hydroxylation is 1. The number of fused-ring (bicyclic) bond motifs is 2. The van der Waals surface area contributed by atoms with Crippen molar-refractivity contribution in [2.24, 2.45) is 11.8 Å². The lowest BCUT2D eigenvalue weighted by molar-refractivity contribution is -0.138. The lowest BCUT2D eigenvalue weighted by Gasteiger charge is -2.18. The van der Waals surface area contributed by atoms with Gasteiger partial charge in [0, 0.05) is 21.5 Å². The van der Waals surface area contributed by atoms with Gasteiger partial charge in [0.2, 0.25) is 0 Å². The lowest BCUT2D eigenvalue weighted by atomic mass is 9.98. The molecule has 0 spiro atoms. The van der Waals surface area contributed by atoms with Crippen LogP contribution in [0.4, 0.5) is 0 Å². The number of hydrogen-bond acceptors (Lipinski definition) is 4. The van der Waals surface area contributed by atoms with Crippen molar-refractivity contribution >= 4 is 33.5 Å². The first-order valence-corrected chi connectivity index (χ1v) is 9.74. The van der Waals surface area contributed by atoms with Crippen LogP contribution in [0.1, 0.15) is 40.2 Å². The molecule has 3 aromatic rings. The molecule has 0 amide bonds. The molecule has 0 bridgehead atoms. The zero-order valence-corrected chi connectivity index (χ0v) is 17.0. The van der Waals surface area contributed by atoms with Crippen LogP contribution >= 0.6 is 0 Å². The van der Waals surface area contributed by atoms with E-state index in [4.69, 9.17) is 9.47 Å². The quantitative estimate of drug-likeness (QED) is 0.326. The molecule has 0 aromatic heterocycles. The first kappa shape index (κ1) is 19.9. The van der Waals surface area contributed by atoms with E-state index in [1.165, 1.54) is 0 Å². The molecule has 0 aliphatic carbocycles. The van der Waals surface area contributed by atoms with Gasteiger partial charge in [0.25, 0.3) is 0 Å². The summed E-state index contributed by atoms with van der Waals surface area (Å²) in [5.74, 6) is -0.0535. The highest BCUT2D eigenvalue weighted by atomic mass is 16.5. The second kappa shape index (κ2) is 8.01. The third-order valence-electron chi connectivity index (χ3n) is 4.75. The summed E-state index contributed by atoms with van der Waals surface area (Å²) >= 11 is 0. The Morgan fingerprint density at radius 1 is 0.750 bits per heavy atom. The van der Waals surface area contributed by atoms with E-state index in [0.29, 0.717) is 11.5 Å². The fourth-order valence-corrected chi connectivity index (χ4v) is 3.02. The van der Waals surface area contributed by atoms with E-state index in [2.05, 4.69) is 6.92 Å². The molecule has 0 heterocycles. The standard InChI is InChI=1S/C24H26O4/c1-6-16-11-12-19-20(13-16)22(28-24(26)15(4)5)18-10-8-7-9-17(18)21(19)27-23(25)14(2)3/h7-15H,6H2,1-5H3. The minimum atomic E-state index is -0.294. The molecule has 0 aliphatic heterocycles. The fraction of sp³-hybridized carbons (Fsp3) is 0.333. The molecule has 0 fully saturated rings. The average Bonchev–Trinajstić information content (AvgIpc) is 2.69. The highest BCUT2D eigenvalue weighted by Gasteiger charge is 2.22. The molecule has 0 aliphatic rings. The van der Waals surface area contributed by atoms with Crippen molar-refractivity contribution in [1.29, 1.82) is 0 Å². The number of esters is 2. The molecule has 0 saturated carbocycles. The Bertz CT molecular complexity index is 1050. The van der Waals surface area contributed by atoms with Crippen LogP contribution < -0.4 is 9.47 Å². The van der Waals surface area contributed by atoms with Crippen molar-refractivity contribution in [3.63, 3.8) is 0 Å². The first-order valence-electron chi connectivity index (χ1n) is 9.74. The van der Waals surface area contributed by atoms with Gasteiger partial charge in [-0.3, -0.25) is 9.59 Å². The van der Waals surface area contributed by atoms with E-state index in [1.54, 1.807) is 13.8 Å². The first-order chi connectivity index (χ1) is 13.3. The molecule has 28 heavy (non-hydrogen) atoms. The summed E-state index contributed by atoms with van der Waals surface area (Å²) < 4.78 is 11.6. The van der Waals surface area contributed by atoms with E-state index in [9.17, 15) is 9.59 Å². The molecule has 0 N–H and O–H groups in total. The fourth-order valence-electron chi connectivity index (χ4n) is 3.02. The van der Waals surface area contributed by atoms with Crippen LogP contribution in [0.5, 0.6) is 11.5 Å². The van der Waals surface area contributed by atoms with E-state index in [0.717, 1.165) is 33.5 Å². The van der Waals surface area contributed by atoms with Gasteiger partial charge < -0.3 is 9.47 Å². The van der Waals surface area contributed by atoms with Crippen LogP contribution in [0.3, 0.4) is 0 Å². The van der Waals surface area contributed by atoms with Gasteiger partial charge in [-0.1, -0.05) is 71.0 Å². The number of benzene rings is 3. The number of ether oxygens (including phenoxy) is 2. The van der Waals surface area contributed by atoms with Gasteiger partial charge in [-0.05, 0) is 18.1 Å². The van der Waals surface area contributed by atoms with Gasteiger partial charge in [-0.15, -0.1) is 0 Å². The van der Waals surface area contributed by atoms with Gasteiger partial charge in [0.05, 0.1) is 11.8 Å². The smallest absolute Gasteiger partial charge is 0.313 e. The Morgan fingerprint density at radius 3 is 1.68 bits per heavy atom. The van der Waals surface area contributed by atoms with Crippen molar-refractivity contribution in [2.75, 3.05) is 0 Å². The predicted molar refractivity (Wildman–Crippen MR) is 112 cm³/mol. The number of carbonyl (C=O) groups excluding carboxylic acids is 2. The minimum absolute atomic E-state index is 0.248. The Morgan fingerprint density at radius 2 is 1.21 bits per heavy atom. The molecule has 0 saturated heterocycles. The summed E-state index contributed by atoms with van der Waals surface area (Å²) in [4.78, 5) is 24.8. The van der Waals surface area contributed by atoms with Crippen LogP contribution in [0, 0.1) is 11.8 Å². The summed E-state index contributed by atoms with van der Waals surface area (Å²) in [6, 6.07) is 13.5. The van der Waals surface area contributed by atoms with Gasteiger partial charge in [-0.25, -0.2) is 0 Å². The molecule has 0 radical (unpaired) electrons. The molecule has 4 nitrogen and oxygen atoms in total. The van der Waals surface area contributed by atoms with Crippen LogP contribution in [-0.4, -0.2) is 11.9 Å².